The zero-order valence-electron chi connectivity index (χ0n) is 11.3. The molecule has 0 radical (unpaired) electrons. The molecule has 1 aliphatic rings. The van der Waals surface area contributed by atoms with Gasteiger partial charge in [-0.3, -0.25) is 0 Å². The molecule has 19 heavy (non-hydrogen) atoms. The van der Waals surface area contributed by atoms with Crippen molar-refractivity contribution in [2.24, 2.45) is 0 Å². The first-order valence-corrected chi connectivity index (χ1v) is 6.71. The zero-order valence-corrected chi connectivity index (χ0v) is 11.3. The van der Waals surface area contributed by atoms with Gasteiger partial charge in [0, 0.05) is 17.5 Å². The summed E-state index contributed by atoms with van der Waals surface area (Å²) in [6.45, 7) is 3.68. The van der Waals surface area contributed by atoms with Crippen LogP contribution in [0.3, 0.4) is 0 Å². The highest BCUT2D eigenvalue weighted by Crippen LogP contribution is 2.52. The second-order valence-electron chi connectivity index (χ2n) is 5.36. The van der Waals surface area contributed by atoms with Crippen LogP contribution in [0.1, 0.15) is 48.5 Å². The second-order valence-corrected chi connectivity index (χ2v) is 5.36. The Bertz CT molecular complexity index is 589. The minimum Gasteiger partial charge on any atom is -0.389 e. The van der Waals surface area contributed by atoms with Crippen LogP contribution in [0, 0.1) is 6.92 Å². The lowest BCUT2D eigenvalue weighted by Gasteiger charge is -2.16. The van der Waals surface area contributed by atoms with Gasteiger partial charge in [-0.1, -0.05) is 30.3 Å². The molecule has 0 amide bonds. The van der Waals surface area contributed by atoms with Crippen molar-refractivity contribution < 1.29 is 5.11 Å². The van der Waals surface area contributed by atoms with Gasteiger partial charge in [0.05, 0.1) is 11.5 Å². The molecule has 3 nitrogen and oxygen atoms in total. The molecule has 1 N–H and O–H groups in total. The van der Waals surface area contributed by atoms with Gasteiger partial charge in [-0.2, -0.15) is 0 Å². The van der Waals surface area contributed by atoms with Gasteiger partial charge in [-0.15, -0.1) is 0 Å². The van der Waals surface area contributed by atoms with Crippen LogP contribution in [0.15, 0.2) is 36.5 Å². The molecular formula is C16H18N2O. The van der Waals surface area contributed by atoms with Crippen molar-refractivity contribution in [2.75, 3.05) is 0 Å². The van der Waals surface area contributed by atoms with Crippen molar-refractivity contribution in [1.82, 2.24) is 9.97 Å². The third-order valence-corrected chi connectivity index (χ3v) is 3.97. The first-order chi connectivity index (χ1) is 9.13. The maximum atomic E-state index is 9.65. The van der Waals surface area contributed by atoms with Crippen LogP contribution >= 0.6 is 0 Å². The summed E-state index contributed by atoms with van der Waals surface area (Å²) in [6, 6.07) is 10.4. The van der Waals surface area contributed by atoms with Crippen LogP contribution in [0.25, 0.3) is 0 Å². The number of nitrogens with zero attached hydrogens (tertiary/aromatic N) is 2. The zero-order chi connectivity index (χ0) is 13.5. The second kappa shape index (κ2) is 4.42. The van der Waals surface area contributed by atoms with Gasteiger partial charge in [0.1, 0.15) is 5.82 Å². The summed E-state index contributed by atoms with van der Waals surface area (Å²) in [5.41, 5.74) is 2.98. The minimum absolute atomic E-state index is 0.00322. The molecule has 2 aromatic rings. The number of aliphatic hydroxyl groups is 1. The van der Waals surface area contributed by atoms with Crippen molar-refractivity contribution in [3.05, 3.63) is 59.2 Å². The van der Waals surface area contributed by atoms with Gasteiger partial charge >= 0.3 is 0 Å². The summed E-state index contributed by atoms with van der Waals surface area (Å²) in [7, 11) is 0. The van der Waals surface area contributed by atoms with Crippen LogP contribution < -0.4 is 0 Å². The van der Waals surface area contributed by atoms with Crippen LogP contribution in [0.4, 0.5) is 0 Å². The fraction of sp³-hybridized carbons (Fsp3) is 0.375. The largest absolute Gasteiger partial charge is 0.389 e. The van der Waals surface area contributed by atoms with Gasteiger partial charge in [0.25, 0.3) is 0 Å². The summed E-state index contributed by atoms with van der Waals surface area (Å²) in [5, 5.41) is 9.65. The van der Waals surface area contributed by atoms with Crippen LogP contribution in [-0.2, 0) is 5.41 Å². The van der Waals surface area contributed by atoms with E-state index in [2.05, 4.69) is 34.2 Å². The number of hydrogen-bond donors (Lipinski definition) is 1. The summed E-state index contributed by atoms with van der Waals surface area (Å²) in [4.78, 5) is 9.13. The fourth-order valence-corrected chi connectivity index (χ4v) is 2.64. The predicted octanol–water partition coefficient (Wildman–Crippen LogP) is 2.92. The topological polar surface area (TPSA) is 46.0 Å². The highest BCUT2D eigenvalue weighted by Gasteiger charge is 2.48. The molecule has 3 heteroatoms. The Morgan fingerprint density at radius 3 is 2.42 bits per heavy atom. The fourth-order valence-electron chi connectivity index (χ4n) is 2.64. The average molecular weight is 254 g/mol. The molecule has 98 valence electrons. The molecule has 3 rings (SSSR count). The van der Waals surface area contributed by atoms with E-state index in [1.807, 2.05) is 13.0 Å². The first-order valence-electron chi connectivity index (χ1n) is 6.71. The van der Waals surface area contributed by atoms with Gasteiger partial charge < -0.3 is 5.11 Å². The number of aromatic nitrogens is 2. The summed E-state index contributed by atoms with van der Waals surface area (Å²) in [5.74, 6) is 0.889. The lowest BCUT2D eigenvalue weighted by molar-refractivity contribution is 0.197. The van der Waals surface area contributed by atoms with E-state index in [0.717, 1.165) is 29.9 Å². The van der Waals surface area contributed by atoms with E-state index in [1.54, 1.807) is 13.1 Å². The Labute approximate surface area is 113 Å². The highest BCUT2D eigenvalue weighted by molar-refractivity contribution is 5.39. The van der Waals surface area contributed by atoms with E-state index in [4.69, 9.17) is 0 Å². The molecule has 0 saturated heterocycles. The molecular weight excluding hydrogens is 236 g/mol. The molecule has 1 aliphatic carbocycles. The molecule has 1 atom stereocenters. The Morgan fingerprint density at radius 2 is 1.89 bits per heavy atom. The normalized spacial score (nSPS) is 18.1. The molecule has 1 heterocycles. The third-order valence-electron chi connectivity index (χ3n) is 3.97. The molecule has 0 spiro atoms. The quantitative estimate of drug-likeness (QED) is 0.916. The minimum atomic E-state index is -0.513. The van der Waals surface area contributed by atoms with Crippen LogP contribution in [0.2, 0.25) is 0 Å². The maximum Gasteiger partial charge on any atom is 0.139 e. The Kier molecular flexibility index (Phi) is 2.86. The van der Waals surface area contributed by atoms with Crippen LogP contribution in [-0.4, -0.2) is 15.1 Å². The van der Waals surface area contributed by atoms with E-state index < -0.39 is 6.10 Å². The number of hydrogen-bond acceptors (Lipinski definition) is 3. The Morgan fingerprint density at radius 1 is 1.21 bits per heavy atom. The van der Waals surface area contributed by atoms with Crippen molar-refractivity contribution in [3.8, 4) is 0 Å². The third kappa shape index (κ3) is 2.04. The molecule has 1 aromatic carbocycles. The molecule has 1 aromatic heterocycles. The first kappa shape index (κ1) is 12.3. The smallest absolute Gasteiger partial charge is 0.139 e. The SMILES string of the molecule is Cc1nc(C2(c3ccccc3)CC2)ncc1[C@H](C)O. The van der Waals surface area contributed by atoms with Gasteiger partial charge in [-0.25, -0.2) is 9.97 Å². The lowest BCUT2D eigenvalue weighted by Crippen LogP contribution is -2.15. The van der Waals surface area contributed by atoms with Crippen LogP contribution in [0.5, 0.6) is 0 Å². The predicted molar refractivity (Wildman–Crippen MR) is 73.9 cm³/mol. The van der Waals surface area contributed by atoms with E-state index in [-0.39, 0.29) is 5.41 Å². The van der Waals surface area contributed by atoms with Crippen molar-refractivity contribution in [2.45, 2.75) is 38.2 Å². The monoisotopic (exact) mass is 254 g/mol. The Balaban J connectivity index is 2.02. The summed E-state index contributed by atoms with van der Waals surface area (Å²) < 4.78 is 0. The van der Waals surface area contributed by atoms with Gasteiger partial charge in [0.2, 0.25) is 0 Å². The molecule has 0 unspecified atom stereocenters. The lowest BCUT2D eigenvalue weighted by atomic mass is 9.95. The van der Waals surface area contributed by atoms with E-state index in [1.165, 1.54) is 5.56 Å². The highest BCUT2D eigenvalue weighted by atomic mass is 16.3. The van der Waals surface area contributed by atoms with E-state index in [9.17, 15) is 5.11 Å². The number of aliphatic hydroxyl groups excluding tert-OH is 1. The maximum absolute atomic E-state index is 9.65. The number of rotatable bonds is 3. The van der Waals surface area contributed by atoms with Crippen molar-refractivity contribution >= 4 is 0 Å². The van der Waals surface area contributed by atoms with Crippen molar-refractivity contribution in [1.29, 1.82) is 0 Å². The molecule has 0 aliphatic heterocycles. The molecule has 0 bridgehead atoms. The average Bonchev–Trinajstić information content (AvgIpc) is 3.20. The molecule has 1 saturated carbocycles. The summed E-state index contributed by atoms with van der Waals surface area (Å²) >= 11 is 0. The molecule has 1 fully saturated rings. The Hall–Kier alpha value is -1.74. The standard InChI is InChI=1S/C16H18N2O/c1-11-14(12(2)19)10-17-15(18-11)16(8-9-16)13-6-4-3-5-7-13/h3-7,10,12,19H,8-9H2,1-2H3/t12-/m0/s1. The number of benzene rings is 1. The number of aryl methyl sites for hydroxylation is 1. The van der Waals surface area contributed by atoms with Crippen molar-refractivity contribution in [3.63, 3.8) is 0 Å². The van der Waals surface area contributed by atoms with Gasteiger partial charge in [0.15, 0.2) is 0 Å². The van der Waals surface area contributed by atoms with E-state index in [0.29, 0.717) is 0 Å². The van der Waals surface area contributed by atoms with E-state index >= 15 is 0 Å². The summed E-state index contributed by atoms with van der Waals surface area (Å²) in [6.07, 6.45) is 3.46. The van der Waals surface area contributed by atoms with Gasteiger partial charge in [-0.05, 0) is 32.3 Å².